The van der Waals surface area contributed by atoms with Gasteiger partial charge in [-0.05, 0) is 78.5 Å². The van der Waals surface area contributed by atoms with E-state index in [1.165, 1.54) is 43.4 Å². The van der Waals surface area contributed by atoms with Crippen molar-refractivity contribution in [2.24, 2.45) is 0 Å². The topological polar surface area (TPSA) is 29.5 Å². The van der Waals surface area contributed by atoms with Gasteiger partial charge >= 0.3 is 7.69 Å². The normalized spacial score (nSPS) is 11.4. The molecular weight excluding hydrogens is 379 g/mol. The van der Waals surface area contributed by atoms with Crippen LogP contribution in [0.4, 0.5) is 0 Å². The Morgan fingerprint density at radius 3 is 2.10 bits per heavy atom. The molecule has 0 saturated heterocycles. The summed E-state index contributed by atoms with van der Waals surface area (Å²) in [4.78, 5) is 0. The largest absolute Gasteiger partial charge is 0.569 e. The average molecular weight is 397 g/mol. The van der Waals surface area contributed by atoms with Crippen LogP contribution in [0.15, 0.2) is 103 Å². The molecular formula is C28H18BO2. The van der Waals surface area contributed by atoms with Crippen LogP contribution >= 0.6 is 0 Å². The van der Waals surface area contributed by atoms with Crippen molar-refractivity contribution >= 4 is 50.8 Å². The summed E-state index contributed by atoms with van der Waals surface area (Å²) in [5, 5.41) is 18.7. The Hall–Kier alpha value is -3.82. The zero-order valence-electron chi connectivity index (χ0n) is 16.7. The van der Waals surface area contributed by atoms with Crippen LogP contribution in [0.25, 0.3) is 54.2 Å². The average Bonchev–Trinajstić information content (AvgIpc) is 2.83. The molecule has 0 spiro atoms. The second kappa shape index (κ2) is 7.15. The zero-order valence-corrected chi connectivity index (χ0v) is 16.7. The van der Waals surface area contributed by atoms with Crippen LogP contribution < -0.4 is 4.65 Å². The first-order chi connectivity index (χ1) is 15.3. The van der Waals surface area contributed by atoms with Crippen molar-refractivity contribution in [1.82, 2.24) is 0 Å². The maximum atomic E-state index is 8.89. The van der Waals surface area contributed by atoms with Gasteiger partial charge in [-0.15, -0.1) is 0 Å². The van der Waals surface area contributed by atoms with Gasteiger partial charge in [0.25, 0.3) is 0 Å². The third-order valence-corrected chi connectivity index (χ3v) is 6.06. The zero-order chi connectivity index (χ0) is 20.8. The molecule has 1 radical (unpaired) electrons. The second-order valence-corrected chi connectivity index (χ2v) is 7.80. The van der Waals surface area contributed by atoms with Gasteiger partial charge in [-0.1, -0.05) is 78.9 Å². The Kier molecular flexibility index (Phi) is 4.15. The Balaban J connectivity index is 1.64. The van der Waals surface area contributed by atoms with E-state index in [2.05, 4.69) is 84.9 Å². The molecule has 31 heavy (non-hydrogen) atoms. The number of fused-ring (bicyclic) bond motifs is 6. The molecule has 0 unspecified atom stereocenters. The molecule has 0 aromatic heterocycles. The van der Waals surface area contributed by atoms with Gasteiger partial charge in [0.05, 0.1) is 0 Å². The molecule has 6 aromatic carbocycles. The van der Waals surface area contributed by atoms with Crippen molar-refractivity contribution in [3.63, 3.8) is 0 Å². The lowest BCUT2D eigenvalue weighted by Crippen LogP contribution is -1.99. The first-order valence-electron chi connectivity index (χ1n) is 10.3. The first-order valence-corrected chi connectivity index (χ1v) is 10.3. The Morgan fingerprint density at radius 1 is 0.548 bits per heavy atom. The minimum absolute atomic E-state index is 0.616. The third-order valence-electron chi connectivity index (χ3n) is 6.06. The van der Waals surface area contributed by atoms with E-state index in [1.54, 1.807) is 0 Å². The molecule has 0 saturated carbocycles. The highest BCUT2D eigenvalue weighted by Crippen LogP contribution is 2.39. The van der Waals surface area contributed by atoms with Crippen LogP contribution in [0.2, 0.25) is 0 Å². The maximum absolute atomic E-state index is 8.89. The molecule has 0 amide bonds. The lowest BCUT2D eigenvalue weighted by molar-refractivity contribution is 0.454. The van der Waals surface area contributed by atoms with Crippen molar-refractivity contribution in [2.45, 2.75) is 0 Å². The molecule has 1 N–H and O–H groups in total. The van der Waals surface area contributed by atoms with E-state index in [1.807, 2.05) is 18.2 Å². The highest BCUT2D eigenvalue weighted by Gasteiger charge is 2.11. The molecule has 3 heteroatoms. The molecule has 0 bridgehead atoms. The van der Waals surface area contributed by atoms with E-state index >= 15 is 0 Å². The van der Waals surface area contributed by atoms with Crippen molar-refractivity contribution in [3.8, 4) is 16.9 Å². The van der Waals surface area contributed by atoms with Crippen LogP contribution in [0.3, 0.4) is 0 Å². The van der Waals surface area contributed by atoms with E-state index in [-0.39, 0.29) is 0 Å². The molecule has 0 aliphatic heterocycles. The third kappa shape index (κ3) is 2.94. The number of rotatable bonds is 3. The molecule has 0 fully saturated rings. The summed E-state index contributed by atoms with van der Waals surface area (Å²) < 4.78 is 5.10. The molecule has 0 aliphatic carbocycles. The maximum Gasteiger partial charge on any atom is 0.569 e. The van der Waals surface area contributed by atoms with Gasteiger partial charge in [0.15, 0.2) is 0 Å². The second-order valence-electron chi connectivity index (χ2n) is 7.80. The summed E-state index contributed by atoms with van der Waals surface area (Å²) in [6, 6.07) is 36.3. The summed E-state index contributed by atoms with van der Waals surface area (Å²) >= 11 is 0. The van der Waals surface area contributed by atoms with Gasteiger partial charge in [0, 0.05) is 0 Å². The Labute approximate surface area is 180 Å². The smallest absolute Gasteiger partial charge is 0.537 e. The first kappa shape index (κ1) is 18.0. The standard InChI is InChI=1S/C28H18BO2/c30-29-31-23-14-13-19-15-21(11-10-20(19)16-23)27-17-22-12-9-18-5-1-2-6-24(18)28(22)26-8-4-3-7-25(26)27/h1-17,30H. The predicted octanol–water partition coefficient (Wildman–Crippen LogP) is 6.87. The highest BCUT2D eigenvalue weighted by atomic mass is 16.5. The van der Waals surface area contributed by atoms with Gasteiger partial charge in [0.1, 0.15) is 5.75 Å². The SMILES string of the molecule is O[B]Oc1ccc2cc(-c3cc4ccc5ccccc5c4c4ccccc34)ccc2c1. The van der Waals surface area contributed by atoms with Gasteiger partial charge in [0.2, 0.25) is 0 Å². The van der Waals surface area contributed by atoms with Crippen LogP contribution in [-0.4, -0.2) is 12.7 Å². The monoisotopic (exact) mass is 397 g/mol. The fraction of sp³-hybridized carbons (Fsp3) is 0. The van der Waals surface area contributed by atoms with Crippen molar-refractivity contribution in [3.05, 3.63) is 103 Å². The molecule has 6 rings (SSSR count). The van der Waals surface area contributed by atoms with Crippen molar-refractivity contribution < 1.29 is 9.68 Å². The van der Waals surface area contributed by atoms with E-state index in [0.717, 1.165) is 10.8 Å². The fourth-order valence-electron chi connectivity index (χ4n) is 4.64. The molecule has 0 heterocycles. The summed E-state index contributed by atoms with van der Waals surface area (Å²) in [7, 11) is 0.709. The summed E-state index contributed by atoms with van der Waals surface area (Å²) in [6.07, 6.45) is 0. The summed E-state index contributed by atoms with van der Waals surface area (Å²) in [6.45, 7) is 0. The Bertz CT molecular complexity index is 1600. The quantitative estimate of drug-likeness (QED) is 0.261. The molecule has 145 valence electrons. The Morgan fingerprint density at radius 2 is 1.23 bits per heavy atom. The minimum atomic E-state index is 0.616. The highest BCUT2D eigenvalue weighted by molar-refractivity contribution is 6.23. The van der Waals surface area contributed by atoms with E-state index in [9.17, 15) is 0 Å². The van der Waals surface area contributed by atoms with Crippen molar-refractivity contribution in [1.29, 1.82) is 0 Å². The van der Waals surface area contributed by atoms with Gasteiger partial charge in [-0.3, -0.25) is 0 Å². The lowest BCUT2D eigenvalue weighted by Gasteiger charge is -2.14. The summed E-state index contributed by atoms with van der Waals surface area (Å²) in [5.74, 6) is 0.616. The van der Waals surface area contributed by atoms with Crippen LogP contribution in [0, 0.1) is 0 Å². The fourth-order valence-corrected chi connectivity index (χ4v) is 4.64. The van der Waals surface area contributed by atoms with Crippen LogP contribution in [-0.2, 0) is 0 Å². The predicted molar refractivity (Wildman–Crippen MR) is 131 cm³/mol. The number of benzene rings is 6. The molecule has 2 nitrogen and oxygen atoms in total. The molecule has 0 atom stereocenters. The minimum Gasteiger partial charge on any atom is -0.537 e. The van der Waals surface area contributed by atoms with Crippen LogP contribution in [0.5, 0.6) is 5.75 Å². The van der Waals surface area contributed by atoms with E-state index in [4.69, 9.17) is 9.68 Å². The van der Waals surface area contributed by atoms with Crippen LogP contribution in [0.1, 0.15) is 0 Å². The van der Waals surface area contributed by atoms with Gasteiger partial charge in [-0.2, -0.15) is 0 Å². The summed E-state index contributed by atoms with van der Waals surface area (Å²) in [5.41, 5.74) is 2.41. The van der Waals surface area contributed by atoms with Gasteiger partial charge in [-0.25, -0.2) is 0 Å². The lowest BCUT2D eigenvalue weighted by atomic mass is 9.90. The molecule has 0 aliphatic rings. The van der Waals surface area contributed by atoms with Gasteiger partial charge < -0.3 is 9.68 Å². The number of hydrogen-bond acceptors (Lipinski definition) is 2. The number of hydrogen-bond donors (Lipinski definition) is 1. The molecule has 6 aromatic rings. The van der Waals surface area contributed by atoms with E-state index in [0.29, 0.717) is 13.4 Å². The van der Waals surface area contributed by atoms with E-state index < -0.39 is 0 Å². The van der Waals surface area contributed by atoms with Crippen molar-refractivity contribution in [2.75, 3.05) is 0 Å².